The molecule has 0 aliphatic heterocycles. The minimum Gasteiger partial charge on any atom is -0.383 e. The van der Waals surface area contributed by atoms with Gasteiger partial charge < -0.3 is 22.1 Å². The fourth-order valence-electron chi connectivity index (χ4n) is 2.65. The summed E-state index contributed by atoms with van der Waals surface area (Å²) in [5.41, 5.74) is 14.0. The number of nitrogens with one attached hydrogen (secondary N) is 2. The molecule has 0 atom stereocenters. The molecule has 29 heavy (non-hydrogen) atoms. The highest BCUT2D eigenvalue weighted by atomic mass is 79.9. The van der Waals surface area contributed by atoms with E-state index in [1.807, 2.05) is 24.3 Å². The average Bonchev–Trinajstić information content (AvgIpc) is 2.68. The van der Waals surface area contributed by atoms with Crippen LogP contribution in [0.25, 0.3) is 0 Å². The smallest absolute Gasteiger partial charge is 0.254 e. The average molecular weight is 459 g/mol. The quantitative estimate of drug-likeness (QED) is 0.431. The summed E-state index contributed by atoms with van der Waals surface area (Å²) in [4.78, 5) is 19.9. The Morgan fingerprint density at radius 3 is 2.59 bits per heavy atom. The summed E-state index contributed by atoms with van der Waals surface area (Å²) in [5, 5.41) is 5.97. The molecule has 0 unspecified atom stereocenters. The summed E-state index contributed by atoms with van der Waals surface area (Å²) in [6.45, 7) is 0.876. The molecule has 0 spiro atoms. The summed E-state index contributed by atoms with van der Waals surface area (Å²) in [6, 6.07) is 12.1. The van der Waals surface area contributed by atoms with E-state index in [4.69, 9.17) is 11.5 Å². The number of benzene rings is 2. The van der Waals surface area contributed by atoms with Crippen LogP contribution in [0.2, 0.25) is 0 Å². The third kappa shape index (κ3) is 5.64. The molecule has 1 amide bonds. The van der Waals surface area contributed by atoms with Crippen molar-refractivity contribution in [3.05, 3.63) is 75.6 Å². The Bertz CT molecular complexity index is 1010. The number of anilines is 3. The number of nitrogens with zero attached hydrogens (tertiary/aromatic N) is 2. The van der Waals surface area contributed by atoms with E-state index < -0.39 is 11.7 Å². The van der Waals surface area contributed by atoms with Crippen LogP contribution in [0.4, 0.5) is 21.8 Å². The van der Waals surface area contributed by atoms with Crippen LogP contribution < -0.4 is 22.1 Å². The fraction of sp³-hybridized carbons (Fsp3) is 0.150. The summed E-state index contributed by atoms with van der Waals surface area (Å²) in [5.74, 6) is -0.499. The predicted octanol–water partition coefficient (Wildman–Crippen LogP) is 3.13. The maximum Gasteiger partial charge on any atom is 0.254 e. The molecule has 1 aromatic heterocycles. The van der Waals surface area contributed by atoms with E-state index in [9.17, 15) is 9.18 Å². The zero-order chi connectivity index (χ0) is 20.8. The number of carbonyl (C=O) groups excluding carboxylic acids is 1. The fourth-order valence-corrected chi connectivity index (χ4v) is 2.98. The second-order valence-corrected chi connectivity index (χ2v) is 7.23. The molecule has 2 aromatic carbocycles. The van der Waals surface area contributed by atoms with Gasteiger partial charge in [-0.05, 0) is 42.3 Å². The molecule has 0 aliphatic carbocycles. The lowest BCUT2D eigenvalue weighted by Gasteiger charge is -2.10. The van der Waals surface area contributed by atoms with Crippen molar-refractivity contribution >= 4 is 39.3 Å². The third-order valence-electron chi connectivity index (χ3n) is 4.23. The highest BCUT2D eigenvalue weighted by molar-refractivity contribution is 9.10. The van der Waals surface area contributed by atoms with Crippen LogP contribution in [-0.4, -0.2) is 22.4 Å². The van der Waals surface area contributed by atoms with Crippen LogP contribution in [0.1, 0.15) is 21.5 Å². The molecule has 7 nitrogen and oxygen atoms in total. The van der Waals surface area contributed by atoms with Gasteiger partial charge in [-0.3, -0.25) is 4.79 Å². The molecule has 0 saturated carbocycles. The van der Waals surface area contributed by atoms with E-state index >= 15 is 0 Å². The number of hydrogen-bond acceptors (Lipinski definition) is 6. The van der Waals surface area contributed by atoms with E-state index in [0.717, 1.165) is 16.8 Å². The highest BCUT2D eigenvalue weighted by Crippen LogP contribution is 2.16. The van der Waals surface area contributed by atoms with Gasteiger partial charge >= 0.3 is 0 Å². The van der Waals surface area contributed by atoms with Crippen LogP contribution in [0.5, 0.6) is 0 Å². The number of aromatic nitrogens is 2. The number of nitrogen functional groups attached to an aromatic ring is 2. The van der Waals surface area contributed by atoms with Crippen LogP contribution in [0, 0.1) is 5.82 Å². The van der Waals surface area contributed by atoms with Gasteiger partial charge in [-0.1, -0.05) is 28.1 Å². The number of carbonyl (C=O) groups is 1. The van der Waals surface area contributed by atoms with E-state index in [-0.39, 0.29) is 11.5 Å². The van der Waals surface area contributed by atoms with E-state index in [1.54, 1.807) is 12.3 Å². The van der Waals surface area contributed by atoms with Gasteiger partial charge in [-0.2, -0.15) is 4.98 Å². The van der Waals surface area contributed by atoms with E-state index in [0.29, 0.717) is 29.8 Å². The first-order valence-corrected chi connectivity index (χ1v) is 9.64. The molecule has 3 aromatic rings. The van der Waals surface area contributed by atoms with Crippen LogP contribution in [0.3, 0.4) is 0 Å². The minimum absolute atomic E-state index is 0.0265. The number of rotatable bonds is 7. The molecule has 0 bridgehead atoms. The summed E-state index contributed by atoms with van der Waals surface area (Å²) < 4.78 is 14.4. The Morgan fingerprint density at radius 2 is 1.90 bits per heavy atom. The van der Waals surface area contributed by atoms with Gasteiger partial charge in [-0.15, -0.1) is 0 Å². The Kier molecular flexibility index (Phi) is 6.61. The summed E-state index contributed by atoms with van der Waals surface area (Å²) >= 11 is 3.17. The first kappa shape index (κ1) is 20.5. The molecule has 0 aliphatic rings. The zero-order valence-corrected chi connectivity index (χ0v) is 17.0. The number of hydrogen-bond donors (Lipinski definition) is 4. The second kappa shape index (κ2) is 9.33. The molecule has 1 heterocycles. The first-order chi connectivity index (χ1) is 13.9. The number of amides is 1. The van der Waals surface area contributed by atoms with Crippen molar-refractivity contribution in [1.29, 1.82) is 0 Å². The van der Waals surface area contributed by atoms with Gasteiger partial charge in [0.2, 0.25) is 5.95 Å². The molecule has 150 valence electrons. The van der Waals surface area contributed by atoms with Crippen molar-refractivity contribution in [3.8, 4) is 0 Å². The molecule has 0 saturated heterocycles. The Morgan fingerprint density at radius 1 is 1.14 bits per heavy atom. The van der Waals surface area contributed by atoms with Crippen molar-refractivity contribution in [3.63, 3.8) is 0 Å². The molecule has 0 radical (unpaired) electrons. The van der Waals surface area contributed by atoms with Crippen LogP contribution in [-0.2, 0) is 13.0 Å². The van der Waals surface area contributed by atoms with Gasteiger partial charge in [0.25, 0.3) is 5.91 Å². The topological polar surface area (TPSA) is 119 Å². The molecule has 0 fully saturated rings. The van der Waals surface area contributed by atoms with Crippen molar-refractivity contribution in [2.24, 2.45) is 0 Å². The van der Waals surface area contributed by atoms with Gasteiger partial charge in [0.15, 0.2) is 0 Å². The molecular weight excluding hydrogens is 439 g/mol. The third-order valence-corrected chi connectivity index (χ3v) is 4.72. The largest absolute Gasteiger partial charge is 0.383 e. The lowest BCUT2D eigenvalue weighted by Crippen LogP contribution is -2.26. The van der Waals surface area contributed by atoms with Crippen LogP contribution >= 0.6 is 15.9 Å². The maximum atomic E-state index is 13.8. The Labute approximate surface area is 175 Å². The van der Waals surface area contributed by atoms with Crippen LogP contribution in [0.15, 0.2) is 53.1 Å². The molecule has 3 rings (SSSR count). The monoisotopic (exact) mass is 458 g/mol. The van der Waals surface area contributed by atoms with Gasteiger partial charge in [0, 0.05) is 35.0 Å². The molecule has 6 N–H and O–H groups in total. The predicted molar refractivity (Wildman–Crippen MR) is 115 cm³/mol. The Hall–Kier alpha value is -3.20. The number of halogens is 2. The maximum absolute atomic E-state index is 13.8. The molecular formula is C20H20BrFN6O. The first-order valence-electron chi connectivity index (χ1n) is 8.85. The normalized spacial score (nSPS) is 10.6. The van der Waals surface area contributed by atoms with Gasteiger partial charge in [-0.25, -0.2) is 9.37 Å². The lowest BCUT2D eigenvalue weighted by atomic mass is 10.1. The lowest BCUT2D eigenvalue weighted by molar-refractivity contribution is 0.0950. The van der Waals surface area contributed by atoms with E-state index in [2.05, 4.69) is 36.5 Å². The SMILES string of the molecule is Nc1ncc(CNc2ccc(CCNC(=O)c3ccc(Br)cc3F)cc2)c(N)n1. The van der Waals surface area contributed by atoms with E-state index in [1.165, 1.54) is 12.1 Å². The van der Waals surface area contributed by atoms with Crippen molar-refractivity contribution in [2.75, 3.05) is 23.3 Å². The van der Waals surface area contributed by atoms with Gasteiger partial charge in [0.05, 0.1) is 5.56 Å². The highest BCUT2D eigenvalue weighted by Gasteiger charge is 2.11. The van der Waals surface area contributed by atoms with Gasteiger partial charge in [0.1, 0.15) is 11.6 Å². The standard InChI is InChI=1S/C20H20BrFN6O/c21-14-3-6-16(17(22)9-14)19(29)25-8-7-12-1-4-15(5-2-12)26-10-13-11-27-20(24)28-18(13)23/h1-6,9,11,26H,7-8,10H2,(H,25,29)(H4,23,24,27,28). The molecule has 9 heteroatoms. The summed E-state index contributed by atoms with van der Waals surface area (Å²) in [7, 11) is 0. The second-order valence-electron chi connectivity index (χ2n) is 6.32. The number of nitrogens with two attached hydrogens (primary N) is 2. The Balaban J connectivity index is 1.48. The minimum atomic E-state index is -0.556. The van der Waals surface area contributed by atoms with Crippen molar-refractivity contribution in [1.82, 2.24) is 15.3 Å². The summed E-state index contributed by atoms with van der Waals surface area (Å²) in [6.07, 6.45) is 2.22. The van der Waals surface area contributed by atoms with Crippen molar-refractivity contribution in [2.45, 2.75) is 13.0 Å². The van der Waals surface area contributed by atoms with Crippen molar-refractivity contribution < 1.29 is 9.18 Å². The zero-order valence-electron chi connectivity index (χ0n) is 15.5.